The van der Waals surface area contributed by atoms with Gasteiger partial charge in [0.25, 0.3) is 5.91 Å². The van der Waals surface area contributed by atoms with Crippen molar-refractivity contribution in [3.05, 3.63) is 89.9 Å². The highest BCUT2D eigenvalue weighted by Crippen LogP contribution is 2.40. The Hall–Kier alpha value is -4.20. The van der Waals surface area contributed by atoms with E-state index in [0.717, 1.165) is 35.6 Å². The molecule has 1 aliphatic rings. The molecule has 2 aromatic heterocycles. The molecule has 8 nitrogen and oxygen atoms in total. The van der Waals surface area contributed by atoms with Crippen LogP contribution in [-0.2, 0) is 9.53 Å². The summed E-state index contributed by atoms with van der Waals surface area (Å²) in [6, 6.07) is 20.3. The predicted molar refractivity (Wildman–Crippen MR) is 123 cm³/mol. The van der Waals surface area contributed by atoms with Gasteiger partial charge in [-0.25, -0.2) is 14.2 Å². The fraction of sp³-hybridized carbons (Fsp3) is 0.200. The Bertz CT molecular complexity index is 1290. The smallest absolute Gasteiger partial charge is 0.338 e. The lowest BCUT2D eigenvalue weighted by Gasteiger charge is -2.10. The summed E-state index contributed by atoms with van der Waals surface area (Å²) < 4.78 is 8.71. The number of rotatable bonds is 7. The summed E-state index contributed by atoms with van der Waals surface area (Å²) in [4.78, 5) is 24.9. The molecule has 4 aromatic rings. The molecule has 0 radical (unpaired) electrons. The number of hydrogen-bond acceptors (Lipinski definition) is 5. The van der Waals surface area contributed by atoms with Gasteiger partial charge in [0.1, 0.15) is 5.82 Å². The second-order valence-corrected chi connectivity index (χ2v) is 8.03. The first-order valence-electron chi connectivity index (χ1n) is 10.8. The van der Waals surface area contributed by atoms with E-state index in [1.54, 1.807) is 39.8 Å². The Labute approximate surface area is 190 Å². The zero-order valence-corrected chi connectivity index (χ0v) is 18.1. The van der Waals surface area contributed by atoms with Gasteiger partial charge in [-0.15, -0.1) is 0 Å². The Balaban J connectivity index is 1.23. The lowest BCUT2D eigenvalue weighted by molar-refractivity contribution is -0.119. The number of nitrogens with zero attached hydrogens (tertiary/aromatic N) is 4. The summed E-state index contributed by atoms with van der Waals surface area (Å²) >= 11 is 0. The first kappa shape index (κ1) is 20.7. The fourth-order valence-electron chi connectivity index (χ4n) is 3.60. The molecule has 8 heteroatoms. The summed E-state index contributed by atoms with van der Waals surface area (Å²) in [6.45, 7) is 1.56. The number of carbonyl (C=O) groups is 2. The van der Waals surface area contributed by atoms with Crippen molar-refractivity contribution >= 4 is 17.7 Å². The third-order valence-electron chi connectivity index (χ3n) is 5.51. The molecule has 0 bridgehead atoms. The van der Waals surface area contributed by atoms with Crippen LogP contribution in [0.4, 0.5) is 5.82 Å². The van der Waals surface area contributed by atoms with Gasteiger partial charge in [0.05, 0.1) is 22.6 Å². The van der Waals surface area contributed by atoms with Gasteiger partial charge in [-0.05, 0) is 62.2 Å². The highest BCUT2D eigenvalue weighted by Gasteiger charge is 2.28. The van der Waals surface area contributed by atoms with E-state index < -0.39 is 18.5 Å². The van der Waals surface area contributed by atoms with Crippen LogP contribution in [0.5, 0.6) is 0 Å². The van der Waals surface area contributed by atoms with Crippen LogP contribution >= 0.6 is 0 Å². The minimum absolute atomic E-state index is 0.363. The van der Waals surface area contributed by atoms with Crippen molar-refractivity contribution in [1.82, 2.24) is 19.6 Å². The predicted octanol–water partition coefficient (Wildman–Crippen LogP) is 4.04. The zero-order valence-electron chi connectivity index (χ0n) is 18.1. The van der Waals surface area contributed by atoms with Gasteiger partial charge in [0, 0.05) is 23.9 Å². The summed E-state index contributed by atoms with van der Waals surface area (Å²) in [7, 11) is 0. The van der Waals surface area contributed by atoms with Crippen LogP contribution < -0.4 is 5.32 Å². The van der Waals surface area contributed by atoms with Gasteiger partial charge in [0.15, 0.2) is 6.61 Å². The summed E-state index contributed by atoms with van der Waals surface area (Å²) in [5, 5.41) is 11.7. The zero-order chi connectivity index (χ0) is 22.8. The summed E-state index contributed by atoms with van der Waals surface area (Å²) in [6.07, 6.45) is 3.93. The SMILES string of the molecule is Cc1ccnn1-c1ccc(C(=O)OCC(=O)Nc2cc(C3CC3)nn2-c2ccccc2)cc1. The normalized spacial score (nSPS) is 13.0. The number of esters is 1. The molecule has 33 heavy (non-hydrogen) atoms. The van der Waals surface area contributed by atoms with E-state index in [2.05, 4.69) is 15.5 Å². The molecular formula is C25H23N5O3. The van der Waals surface area contributed by atoms with Gasteiger partial charge >= 0.3 is 5.97 Å². The van der Waals surface area contributed by atoms with Crippen LogP contribution in [0.2, 0.25) is 0 Å². The maximum atomic E-state index is 12.5. The standard InChI is InChI=1S/C25H23N5O3/c1-17-13-14-26-29(17)21-11-9-19(10-12-21)25(32)33-16-24(31)27-23-15-22(18-7-8-18)28-30(23)20-5-3-2-4-6-20/h2-6,9-15,18H,7-8,16H2,1H3,(H,27,31). The molecular weight excluding hydrogens is 418 g/mol. The van der Waals surface area contributed by atoms with Crippen molar-refractivity contribution in [2.24, 2.45) is 0 Å². The topological polar surface area (TPSA) is 91.0 Å². The van der Waals surface area contributed by atoms with E-state index in [1.807, 2.05) is 49.4 Å². The maximum Gasteiger partial charge on any atom is 0.338 e. The van der Waals surface area contributed by atoms with Gasteiger partial charge < -0.3 is 10.1 Å². The fourth-order valence-corrected chi connectivity index (χ4v) is 3.60. The van der Waals surface area contributed by atoms with E-state index in [-0.39, 0.29) is 0 Å². The third-order valence-corrected chi connectivity index (χ3v) is 5.51. The Morgan fingerprint density at radius 2 is 1.73 bits per heavy atom. The van der Waals surface area contributed by atoms with Gasteiger partial charge in [-0.2, -0.15) is 10.2 Å². The van der Waals surface area contributed by atoms with Crippen LogP contribution in [0.3, 0.4) is 0 Å². The lowest BCUT2D eigenvalue weighted by atomic mass is 10.2. The molecule has 0 unspecified atom stereocenters. The number of ether oxygens (including phenoxy) is 1. The number of aromatic nitrogens is 4. The number of anilines is 1. The van der Waals surface area contributed by atoms with Crippen LogP contribution in [0.25, 0.3) is 11.4 Å². The quantitative estimate of drug-likeness (QED) is 0.437. The molecule has 1 saturated carbocycles. The number of amides is 1. The second-order valence-electron chi connectivity index (χ2n) is 8.03. The van der Waals surface area contributed by atoms with E-state index in [9.17, 15) is 9.59 Å². The monoisotopic (exact) mass is 441 g/mol. The molecule has 0 spiro atoms. The largest absolute Gasteiger partial charge is 0.452 e. The molecule has 1 amide bonds. The number of nitrogens with one attached hydrogen (secondary N) is 1. The molecule has 5 rings (SSSR count). The number of hydrogen-bond donors (Lipinski definition) is 1. The van der Waals surface area contributed by atoms with Crippen molar-refractivity contribution in [1.29, 1.82) is 0 Å². The summed E-state index contributed by atoms with van der Waals surface area (Å²) in [5.41, 5.74) is 4.00. The third kappa shape index (κ3) is 4.55. The van der Waals surface area contributed by atoms with E-state index >= 15 is 0 Å². The van der Waals surface area contributed by atoms with Crippen molar-refractivity contribution in [3.8, 4) is 11.4 Å². The van der Waals surface area contributed by atoms with E-state index in [1.165, 1.54) is 0 Å². The lowest BCUT2D eigenvalue weighted by Crippen LogP contribution is -2.22. The minimum Gasteiger partial charge on any atom is -0.452 e. The van der Waals surface area contributed by atoms with Gasteiger partial charge in [-0.1, -0.05) is 18.2 Å². The van der Waals surface area contributed by atoms with Gasteiger partial charge in [-0.3, -0.25) is 4.79 Å². The molecule has 2 aromatic carbocycles. The van der Waals surface area contributed by atoms with E-state index in [0.29, 0.717) is 17.3 Å². The van der Waals surface area contributed by atoms with Crippen LogP contribution in [0.1, 0.15) is 40.5 Å². The highest BCUT2D eigenvalue weighted by molar-refractivity contribution is 5.95. The average molecular weight is 441 g/mol. The number of para-hydroxylation sites is 1. The first-order valence-corrected chi connectivity index (χ1v) is 10.8. The average Bonchev–Trinajstić information content (AvgIpc) is 3.47. The van der Waals surface area contributed by atoms with Gasteiger partial charge in [0.2, 0.25) is 0 Å². The minimum atomic E-state index is -0.566. The Morgan fingerprint density at radius 3 is 2.39 bits per heavy atom. The molecule has 0 aliphatic heterocycles. The number of aryl methyl sites for hydroxylation is 1. The molecule has 1 N–H and O–H groups in total. The molecule has 166 valence electrons. The van der Waals surface area contributed by atoms with Crippen LogP contribution in [0.15, 0.2) is 72.9 Å². The molecule has 1 aliphatic carbocycles. The molecule has 2 heterocycles. The molecule has 1 fully saturated rings. The second kappa shape index (κ2) is 8.74. The van der Waals surface area contributed by atoms with Crippen molar-refractivity contribution in [2.45, 2.75) is 25.7 Å². The number of carbonyl (C=O) groups excluding carboxylic acids is 2. The molecule has 0 atom stereocenters. The van der Waals surface area contributed by atoms with Crippen molar-refractivity contribution in [3.63, 3.8) is 0 Å². The highest BCUT2D eigenvalue weighted by atomic mass is 16.5. The first-order chi connectivity index (χ1) is 16.1. The maximum absolute atomic E-state index is 12.5. The Kier molecular flexibility index (Phi) is 5.48. The van der Waals surface area contributed by atoms with Crippen LogP contribution in [0, 0.1) is 6.92 Å². The molecule has 0 saturated heterocycles. The summed E-state index contributed by atoms with van der Waals surface area (Å²) in [5.74, 6) is 0.00993. The van der Waals surface area contributed by atoms with Crippen molar-refractivity contribution < 1.29 is 14.3 Å². The Morgan fingerprint density at radius 1 is 1.00 bits per heavy atom. The number of benzene rings is 2. The van der Waals surface area contributed by atoms with E-state index in [4.69, 9.17) is 4.74 Å². The van der Waals surface area contributed by atoms with Crippen LogP contribution in [-0.4, -0.2) is 38.0 Å². The van der Waals surface area contributed by atoms with Crippen molar-refractivity contribution in [2.75, 3.05) is 11.9 Å².